The molecule has 1 heterocycles. The van der Waals surface area contributed by atoms with Crippen molar-refractivity contribution in [1.29, 1.82) is 0 Å². The molecule has 1 fully saturated rings. The number of rotatable bonds is 3. The number of carbonyl (C=O) groups is 2. The van der Waals surface area contributed by atoms with Crippen LogP contribution in [0.1, 0.15) is 32.8 Å². The van der Waals surface area contributed by atoms with Crippen LogP contribution in [-0.2, 0) is 9.53 Å². The highest BCUT2D eigenvalue weighted by molar-refractivity contribution is 5.81. The summed E-state index contributed by atoms with van der Waals surface area (Å²) in [6.07, 6.45) is -0.756. The van der Waals surface area contributed by atoms with Crippen molar-refractivity contribution in [3.63, 3.8) is 0 Å². The van der Waals surface area contributed by atoms with E-state index in [4.69, 9.17) is 9.47 Å². The Balaban J connectivity index is 2.08. The van der Waals surface area contributed by atoms with E-state index in [2.05, 4.69) is 0 Å². The van der Waals surface area contributed by atoms with E-state index in [-0.39, 0.29) is 19.1 Å². The van der Waals surface area contributed by atoms with Crippen molar-refractivity contribution in [2.75, 3.05) is 6.54 Å². The minimum Gasteiger partial charge on any atom is -0.488 e. The quantitative estimate of drug-likeness (QED) is 0.926. The second-order valence-electron chi connectivity index (χ2n) is 6.78. The average molecular weight is 321 g/mol. The molecule has 0 bridgehead atoms. The lowest BCUT2D eigenvalue weighted by Gasteiger charge is -2.26. The van der Waals surface area contributed by atoms with Crippen molar-refractivity contribution < 1.29 is 24.2 Å². The van der Waals surface area contributed by atoms with E-state index in [9.17, 15) is 14.7 Å². The van der Waals surface area contributed by atoms with E-state index >= 15 is 0 Å². The molecule has 1 amide bonds. The second kappa shape index (κ2) is 6.48. The van der Waals surface area contributed by atoms with Gasteiger partial charge in [-0.25, -0.2) is 9.59 Å². The molecular weight excluding hydrogens is 298 g/mol. The molecule has 1 aromatic carbocycles. The summed E-state index contributed by atoms with van der Waals surface area (Å²) in [6.45, 7) is 7.39. The molecule has 1 aromatic rings. The van der Waals surface area contributed by atoms with Crippen LogP contribution in [0.2, 0.25) is 0 Å². The zero-order valence-corrected chi connectivity index (χ0v) is 13.9. The van der Waals surface area contributed by atoms with Gasteiger partial charge in [0.2, 0.25) is 0 Å². The lowest BCUT2D eigenvalue weighted by Crippen LogP contribution is -2.43. The van der Waals surface area contributed by atoms with Crippen LogP contribution in [-0.4, -0.2) is 46.4 Å². The van der Waals surface area contributed by atoms with Crippen molar-refractivity contribution in [2.45, 2.75) is 51.9 Å². The van der Waals surface area contributed by atoms with Crippen LogP contribution >= 0.6 is 0 Å². The Morgan fingerprint density at radius 1 is 1.30 bits per heavy atom. The first kappa shape index (κ1) is 17.1. The molecular formula is C17H23NO5. The van der Waals surface area contributed by atoms with Gasteiger partial charge in [0.25, 0.3) is 0 Å². The number of amides is 1. The molecule has 6 heteroatoms. The summed E-state index contributed by atoms with van der Waals surface area (Å²) in [5, 5.41) is 9.35. The molecule has 126 valence electrons. The highest BCUT2D eigenvalue weighted by Crippen LogP contribution is 2.25. The molecule has 2 atom stereocenters. The first-order valence-corrected chi connectivity index (χ1v) is 7.61. The highest BCUT2D eigenvalue weighted by atomic mass is 16.6. The standard InChI is InChI=1S/C17H23NO5/c1-11-6-5-7-12(8-11)22-13-9-14(15(19)20)18(10-13)16(21)23-17(2,3)4/h5-8,13-14H,9-10H2,1-4H3,(H,19,20). The number of nitrogens with zero attached hydrogens (tertiary/aromatic N) is 1. The van der Waals surface area contributed by atoms with Crippen molar-refractivity contribution in [2.24, 2.45) is 0 Å². The summed E-state index contributed by atoms with van der Waals surface area (Å²) in [7, 11) is 0. The van der Waals surface area contributed by atoms with E-state index in [0.717, 1.165) is 5.56 Å². The van der Waals surface area contributed by atoms with Crippen molar-refractivity contribution in [3.05, 3.63) is 29.8 Å². The van der Waals surface area contributed by atoms with Crippen molar-refractivity contribution in [1.82, 2.24) is 4.90 Å². The molecule has 1 aliphatic heterocycles. The summed E-state index contributed by atoms with van der Waals surface area (Å²) >= 11 is 0. The third-order valence-electron chi connectivity index (χ3n) is 3.47. The number of aliphatic carboxylic acids is 1. The molecule has 0 aromatic heterocycles. The van der Waals surface area contributed by atoms with Crippen LogP contribution in [0.15, 0.2) is 24.3 Å². The molecule has 23 heavy (non-hydrogen) atoms. The Morgan fingerprint density at radius 2 is 2.00 bits per heavy atom. The van der Waals surface area contributed by atoms with E-state index in [1.54, 1.807) is 20.8 Å². The molecule has 6 nitrogen and oxygen atoms in total. The summed E-state index contributed by atoms with van der Waals surface area (Å²) in [6, 6.07) is 6.60. The van der Waals surface area contributed by atoms with Crippen LogP contribution in [0, 0.1) is 6.92 Å². The molecule has 2 rings (SSSR count). The van der Waals surface area contributed by atoms with E-state index in [1.165, 1.54) is 4.90 Å². The van der Waals surface area contributed by atoms with Crippen LogP contribution in [0.25, 0.3) is 0 Å². The Labute approximate surface area is 136 Å². The van der Waals surface area contributed by atoms with Gasteiger partial charge in [-0.1, -0.05) is 12.1 Å². The fourth-order valence-corrected chi connectivity index (χ4v) is 2.52. The maximum Gasteiger partial charge on any atom is 0.411 e. The van der Waals surface area contributed by atoms with Crippen LogP contribution in [0.4, 0.5) is 4.79 Å². The first-order chi connectivity index (χ1) is 10.7. The molecule has 0 saturated carbocycles. The number of hydrogen-bond donors (Lipinski definition) is 1. The van der Waals surface area contributed by atoms with Gasteiger partial charge >= 0.3 is 12.1 Å². The van der Waals surface area contributed by atoms with E-state index in [0.29, 0.717) is 5.75 Å². The molecule has 0 spiro atoms. The fraction of sp³-hybridized carbons (Fsp3) is 0.529. The molecule has 1 saturated heterocycles. The summed E-state index contributed by atoms with van der Waals surface area (Å²) < 4.78 is 11.1. The summed E-state index contributed by atoms with van der Waals surface area (Å²) in [4.78, 5) is 24.9. The van der Waals surface area contributed by atoms with Gasteiger partial charge in [-0.15, -0.1) is 0 Å². The van der Waals surface area contributed by atoms with Gasteiger partial charge in [-0.2, -0.15) is 0 Å². The lowest BCUT2D eigenvalue weighted by atomic mass is 10.2. The topological polar surface area (TPSA) is 76.1 Å². The summed E-state index contributed by atoms with van der Waals surface area (Å²) in [5.74, 6) is -0.378. The zero-order valence-electron chi connectivity index (χ0n) is 13.9. The smallest absolute Gasteiger partial charge is 0.411 e. The number of carboxylic acid groups (broad SMARTS) is 1. The lowest BCUT2D eigenvalue weighted by molar-refractivity contribution is -0.142. The Bertz CT molecular complexity index is 593. The number of aryl methyl sites for hydroxylation is 1. The number of likely N-dealkylation sites (tertiary alicyclic amines) is 1. The number of hydrogen-bond acceptors (Lipinski definition) is 4. The second-order valence-corrected chi connectivity index (χ2v) is 6.78. The highest BCUT2D eigenvalue weighted by Gasteiger charge is 2.42. The minimum atomic E-state index is -1.05. The van der Waals surface area contributed by atoms with E-state index < -0.39 is 23.7 Å². The summed E-state index contributed by atoms with van der Waals surface area (Å²) in [5.41, 5.74) is 0.384. The minimum absolute atomic E-state index is 0.194. The number of benzene rings is 1. The molecule has 1 N–H and O–H groups in total. The Morgan fingerprint density at radius 3 is 2.57 bits per heavy atom. The first-order valence-electron chi connectivity index (χ1n) is 7.61. The SMILES string of the molecule is Cc1cccc(OC2CC(C(=O)O)N(C(=O)OC(C)(C)C)C2)c1. The third-order valence-corrected chi connectivity index (χ3v) is 3.47. The zero-order chi connectivity index (χ0) is 17.2. The monoisotopic (exact) mass is 321 g/mol. The average Bonchev–Trinajstić information content (AvgIpc) is 2.81. The van der Waals surface area contributed by atoms with Gasteiger partial charge in [0.05, 0.1) is 6.54 Å². The van der Waals surface area contributed by atoms with Crippen LogP contribution in [0.5, 0.6) is 5.75 Å². The van der Waals surface area contributed by atoms with Gasteiger partial charge in [0.15, 0.2) is 0 Å². The largest absolute Gasteiger partial charge is 0.488 e. The third kappa shape index (κ3) is 4.61. The maximum atomic E-state index is 12.2. The van der Waals surface area contributed by atoms with Gasteiger partial charge < -0.3 is 14.6 Å². The molecule has 0 radical (unpaired) electrons. The Hall–Kier alpha value is -2.24. The molecule has 1 aliphatic rings. The van der Waals surface area contributed by atoms with Crippen LogP contribution < -0.4 is 4.74 Å². The van der Waals surface area contributed by atoms with Gasteiger partial charge in [-0.3, -0.25) is 4.90 Å². The molecule has 0 aliphatic carbocycles. The van der Waals surface area contributed by atoms with Crippen molar-refractivity contribution >= 4 is 12.1 Å². The fourth-order valence-electron chi connectivity index (χ4n) is 2.52. The number of carbonyl (C=O) groups excluding carboxylic acids is 1. The predicted molar refractivity (Wildman–Crippen MR) is 84.6 cm³/mol. The van der Waals surface area contributed by atoms with E-state index in [1.807, 2.05) is 31.2 Å². The van der Waals surface area contributed by atoms with Gasteiger partial charge in [0, 0.05) is 6.42 Å². The van der Waals surface area contributed by atoms with Gasteiger partial charge in [0.1, 0.15) is 23.5 Å². The molecule has 2 unspecified atom stereocenters. The normalized spacial score (nSPS) is 21.1. The van der Waals surface area contributed by atoms with Gasteiger partial charge in [-0.05, 0) is 45.4 Å². The predicted octanol–water partition coefficient (Wildman–Crippen LogP) is 2.84. The van der Waals surface area contributed by atoms with Crippen molar-refractivity contribution in [3.8, 4) is 5.75 Å². The van der Waals surface area contributed by atoms with Crippen LogP contribution in [0.3, 0.4) is 0 Å². The maximum absolute atomic E-state index is 12.2. The number of carboxylic acids is 1. The number of ether oxygens (including phenoxy) is 2. The Kier molecular flexibility index (Phi) is 4.82.